The molecule has 3 heteroatoms. The lowest BCUT2D eigenvalue weighted by atomic mass is 10.1. The molecule has 1 saturated heterocycles. The number of hydrogen-bond donors (Lipinski definition) is 1. The van der Waals surface area contributed by atoms with Gasteiger partial charge in [-0.25, -0.2) is 0 Å². The summed E-state index contributed by atoms with van der Waals surface area (Å²) in [6, 6.07) is 8.14. The Balaban J connectivity index is 2.00. The first-order valence-electron chi connectivity index (χ1n) is 6.33. The number of benzene rings is 1. The van der Waals surface area contributed by atoms with E-state index in [1.54, 1.807) is 7.11 Å². The van der Waals surface area contributed by atoms with Gasteiger partial charge in [0.25, 0.3) is 0 Å². The van der Waals surface area contributed by atoms with Crippen molar-refractivity contribution in [2.75, 3.05) is 20.2 Å². The number of methoxy groups -OCH3 is 1. The number of ether oxygens (including phenoxy) is 2. The number of morpholine rings is 1. The molecule has 3 nitrogen and oxygen atoms in total. The lowest BCUT2D eigenvalue weighted by Gasteiger charge is -2.31. The third kappa shape index (κ3) is 3.20. The molecule has 1 aliphatic rings. The Morgan fingerprint density at radius 3 is 2.71 bits per heavy atom. The molecule has 0 amide bonds. The highest BCUT2D eigenvalue weighted by molar-refractivity contribution is 5.28. The van der Waals surface area contributed by atoms with Gasteiger partial charge in [0.05, 0.1) is 19.3 Å². The molecule has 1 aromatic rings. The highest BCUT2D eigenvalue weighted by Gasteiger charge is 2.22. The van der Waals surface area contributed by atoms with Crippen LogP contribution >= 0.6 is 0 Å². The van der Waals surface area contributed by atoms with E-state index in [2.05, 4.69) is 24.4 Å². The summed E-state index contributed by atoms with van der Waals surface area (Å²) in [5.41, 5.74) is 1.22. The van der Waals surface area contributed by atoms with Crippen molar-refractivity contribution >= 4 is 0 Å². The molecule has 0 spiro atoms. The van der Waals surface area contributed by atoms with Crippen molar-refractivity contribution in [1.82, 2.24) is 5.32 Å². The third-order valence-electron chi connectivity index (χ3n) is 3.16. The van der Waals surface area contributed by atoms with Crippen LogP contribution in [0.25, 0.3) is 0 Å². The maximum Gasteiger partial charge on any atom is 0.118 e. The SMILES string of the molecule is CCCC1CNCC(c2ccc(OC)cc2)O1. The fourth-order valence-corrected chi connectivity index (χ4v) is 2.21. The Bertz CT molecular complexity index is 335. The first-order chi connectivity index (χ1) is 8.33. The average Bonchev–Trinajstić information content (AvgIpc) is 2.40. The zero-order valence-electron chi connectivity index (χ0n) is 10.6. The van der Waals surface area contributed by atoms with E-state index in [1.807, 2.05) is 12.1 Å². The standard InChI is InChI=1S/C14H21NO2/c1-3-4-13-9-15-10-14(17-13)11-5-7-12(16-2)8-6-11/h5-8,13-15H,3-4,9-10H2,1-2H3. The zero-order valence-corrected chi connectivity index (χ0v) is 10.6. The first kappa shape index (κ1) is 12.4. The molecular weight excluding hydrogens is 214 g/mol. The molecule has 0 aliphatic carbocycles. The highest BCUT2D eigenvalue weighted by atomic mass is 16.5. The lowest BCUT2D eigenvalue weighted by Crippen LogP contribution is -2.40. The van der Waals surface area contributed by atoms with E-state index in [0.29, 0.717) is 6.10 Å². The molecule has 0 aromatic heterocycles. The van der Waals surface area contributed by atoms with Gasteiger partial charge in [-0.3, -0.25) is 0 Å². The quantitative estimate of drug-likeness (QED) is 0.870. The molecule has 1 fully saturated rings. The summed E-state index contributed by atoms with van der Waals surface area (Å²) in [7, 11) is 1.69. The van der Waals surface area contributed by atoms with E-state index < -0.39 is 0 Å². The van der Waals surface area contributed by atoms with Crippen molar-refractivity contribution in [3.05, 3.63) is 29.8 Å². The van der Waals surface area contributed by atoms with Crippen molar-refractivity contribution < 1.29 is 9.47 Å². The second-order valence-electron chi connectivity index (χ2n) is 4.47. The van der Waals surface area contributed by atoms with Gasteiger partial charge in [0.2, 0.25) is 0 Å². The monoisotopic (exact) mass is 235 g/mol. The lowest BCUT2D eigenvalue weighted by molar-refractivity contribution is -0.0425. The molecule has 1 aromatic carbocycles. The van der Waals surface area contributed by atoms with E-state index in [4.69, 9.17) is 9.47 Å². The Hall–Kier alpha value is -1.06. The number of nitrogens with one attached hydrogen (secondary N) is 1. The fraction of sp³-hybridized carbons (Fsp3) is 0.571. The van der Waals surface area contributed by atoms with Crippen molar-refractivity contribution in [1.29, 1.82) is 0 Å². The molecule has 2 unspecified atom stereocenters. The summed E-state index contributed by atoms with van der Waals surface area (Å²) in [5, 5.41) is 3.44. The molecule has 2 rings (SSSR count). The largest absolute Gasteiger partial charge is 0.497 e. The molecule has 94 valence electrons. The smallest absolute Gasteiger partial charge is 0.118 e. The molecule has 2 atom stereocenters. The maximum atomic E-state index is 6.08. The van der Waals surface area contributed by atoms with E-state index in [-0.39, 0.29) is 6.10 Å². The van der Waals surface area contributed by atoms with Gasteiger partial charge >= 0.3 is 0 Å². The number of hydrogen-bond acceptors (Lipinski definition) is 3. The molecular formula is C14H21NO2. The fourth-order valence-electron chi connectivity index (χ4n) is 2.21. The van der Waals surface area contributed by atoms with Crippen molar-refractivity contribution in [2.24, 2.45) is 0 Å². The van der Waals surface area contributed by atoms with Crippen LogP contribution in [0.5, 0.6) is 5.75 Å². The summed E-state index contributed by atoms with van der Waals surface area (Å²) in [6.07, 6.45) is 2.81. The van der Waals surface area contributed by atoms with E-state index >= 15 is 0 Å². The van der Waals surface area contributed by atoms with Crippen LogP contribution in [0, 0.1) is 0 Å². The van der Waals surface area contributed by atoms with Gasteiger partial charge in [0, 0.05) is 13.1 Å². The van der Waals surface area contributed by atoms with Gasteiger partial charge < -0.3 is 14.8 Å². The van der Waals surface area contributed by atoms with Crippen molar-refractivity contribution in [2.45, 2.75) is 32.0 Å². The van der Waals surface area contributed by atoms with Crippen LogP contribution in [-0.4, -0.2) is 26.3 Å². The normalized spacial score (nSPS) is 24.6. The summed E-state index contributed by atoms with van der Waals surface area (Å²) in [6.45, 7) is 4.06. The van der Waals surface area contributed by atoms with Crippen LogP contribution in [-0.2, 0) is 4.74 Å². The second-order valence-corrected chi connectivity index (χ2v) is 4.47. The summed E-state index contributed by atoms with van der Waals surface area (Å²) >= 11 is 0. The Morgan fingerprint density at radius 1 is 1.29 bits per heavy atom. The zero-order chi connectivity index (χ0) is 12.1. The molecule has 0 bridgehead atoms. The van der Waals surface area contributed by atoms with Crippen molar-refractivity contribution in [3.8, 4) is 5.75 Å². The highest BCUT2D eigenvalue weighted by Crippen LogP contribution is 2.24. The second kappa shape index (κ2) is 6.03. The van der Waals surface area contributed by atoms with Gasteiger partial charge in [0.1, 0.15) is 5.75 Å². The maximum absolute atomic E-state index is 6.08. The molecule has 1 N–H and O–H groups in total. The van der Waals surface area contributed by atoms with Gasteiger partial charge in [-0.2, -0.15) is 0 Å². The third-order valence-corrected chi connectivity index (χ3v) is 3.16. The van der Waals surface area contributed by atoms with Crippen LogP contribution in [0.15, 0.2) is 24.3 Å². The molecule has 0 radical (unpaired) electrons. The molecule has 17 heavy (non-hydrogen) atoms. The minimum absolute atomic E-state index is 0.172. The molecule has 1 aliphatic heterocycles. The molecule has 0 saturated carbocycles. The van der Waals surface area contributed by atoms with Crippen LogP contribution in [0.1, 0.15) is 31.4 Å². The minimum Gasteiger partial charge on any atom is -0.497 e. The van der Waals surface area contributed by atoms with Gasteiger partial charge in [-0.05, 0) is 24.1 Å². The number of rotatable bonds is 4. The van der Waals surface area contributed by atoms with E-state index in [9.17, 15) is 0 Å². The minimum atomic E-state index is 0.172. The average molecular weight is 235 g/mol. The predicted octanol–water partition coefficient (Wildman–Crippen LogP) is 2.52. The van der Waals surface area contributed by atoms with Crippen LogP contribution < -0.4 is 10.1 Å². The van der Waals surface area contributed by atoms with Crippen LogP contribution in [0.2, 0.25) is 0 Å². The molecule has 1 heterocycles. The van der Waals surface area contributed by atoms with Gasteiger partial charge in [-0.15, -0.1) is 0 Å². The van der Waals surface area contributed by atoms with Crippen LogP contribution in [0.3, 0.4) is 0 Å². The predicted molar refractivity (Wildman–Crippen MR) is 68.4 cm³/mol. The first-order valence-corrected chi connectivity index (χ1v) is 6.33. The van der Waals surface area contributed by atoms with E-state index in [0.717, 1.165) is 25.3 Å². The Kier molecular flexibility index (Phi) is 4.40. The van der Waals surface area contributed by atoms with Gasteiger partial charge in [0.15, 0.2) is 0 Å². The van der Waals surface area contributed by atoms with E-state index in [1.165, 1.54) is 12.0 Å². The summed E-state index contributed by atoms with van der Waals surface area (Å²) in [4.78, 5) is 0. The summed E-state index contributed by atoms with van der Waals surface area (Å²) in [5.74, 6) is 0.891. The Morgan fingerprint density at radius 2 is 2.06 bits per heavy atom. The van der Waals surface area contributed by atoms with Crippen LogP contribution in [0.4, 0.5) is 0 Å². The summed E-state index contributed by atoms with van der Waals surface area (Å²) < 4.78 is 11.2. The van der Waals surface area contributed by atoms with Crippen molar-refractivity contribution in [3.63, 3.8) is 0 Å². The van der Waals surface area contributed by atoms with Gasteiger partial charge in [-0.1, -0.05) is 25.5 Å². The Labute approximate surface area is 103 Å². The topological polar surface area (TPSA) is 30.5 Å².